The zero-order chi connectivity index (χ0) is 15.2. The lowest BCUT2D eigenvalue weighted by atomic mass is 9.79. The summed E-state index contributed by atoms with van der Waals surface area (Å²) >= 11 is 0. The summed E-state index contributed by atoms with van der Waals surface area (Å²) < 4.78 is 0. The summed E-state index contributed by atoms with van der Waals surface area (Å²) in [6.07, 6.45) is 2.40. The van der Waals surface area contributed by atoms with Gasteiger partial charge in [-0.3, -0.25) is 0 Å². The first-order valence-electron chi connectivity index (χ1n) is 8.17. The summed E-state index contributed by atoms with van der Waals surface area (Å²) in [4.78, 5) is 0. The van der Waals surface area contributed by atoms with Crippen molar-refractivity contribution < 1.29 is 0 Å². The van der Waals surface area contributed by atoms with Crippen molar-refractivity contribution in [3.05, 3.63) is 0 Å². The first-order chi connectivity index (χ1) is 9.20. The first-order valence-corrected chi connectivity index (χ1v) is 8.17. The third-order valence-corrected chi connectivity index (χ3v) is 3.78. The van der Waals surface area contributed by atoms with Gasteiger partial charge in [-0.2, -0.15) is 0 Å². The van der Waals surface area contributed by atoms with Crippen LogP contribution in [0.3, 0.4) is 0 Å². The van der Waals surface area contributed by atoms with Crippen LogP contribution in [0.25, 0.3) is 0 Å². The van der Waals surface area contributed by atoms with E-state index in [1.807, 2.05) is 0 Å². The smallest absolute Gasteiger partial charge is 0.0144 e. The fourth-order valence-corrected chi connectivity index (χ4v) is 3.41. The molecule has 0 atom stereocenters. The summed E-state index contributed by atoms with van der Waals surface area (Å²) in [6, 6.07) is 1.20. The highest BCUT2D eigenvalue weighted by Crippen LogP contribution is 2.28. The van der Waals surface area contributed by atoms with Crippen molar-refractivity contribution in [3.8, 4) is 0 Å². The van der Waals surface area contributed by atoms with Crippen LogP contribution in [0.1, 0.15) is 54.4 Å². The minimum absolute atomic E-state index is 0.230. The second-order valence-electron chi connectivity index (χ2n) is 7.81. The Labute approximate surface area is 125 Å². The Morgan fingerprint density at radius 3 is 2.05 bits per heavy atom. The predicted octanol–water partition coefficient (Wildman–Crippen LogP) is 1.47. The molecule has 1 fully saturated rings. The Balaban J connectivity index is 2.12. The maximum Gasteiger partial charge on any atom is 0.0144 e. The standard InChI is InChI=1S/C16H36N4/c1-13(2)18-9-7-17-8-10-19-14-11-15(3,4)20-16(5,6)12-14/h13-14,17-20H,7-12H2,1-6H3. The fourth-order valence-electron chi connectivity index (χ4n) is 3.41. The van der Waals surface area contributed by atoms with Gasteiger partial charge in [0.25, 0.3) is 0 Å². The molecule has 4 N–H and O–H groups in total. The zero-order valence-electron chi connectivity index (χ0n) is 14.4. The molecular formula is C16H36N4. The highest BCUT2D eigenvalue weighted by molar-refractivity contribution is 4.99. The van der Waals surface area contributed by atoms with E-state index in [0.29, 0.717) is 12.1 Å². The maximum atomic E-state index is 3.73. The lowest BCUT2D eigenvalue weighted by Crippen LogP contribution is -2.61. The van der Waals surface area contributed by atoms with E-state index in [4.69, 9.17) is 0 Å². The summed E-state index contributed by atoms with van der Waals surface area (Å²) in [5, 5.41) is 14.3. The van der Waals surface area contributed by atoms with E-state index >= 15 is 0 Å². The molecule has 0 aromatic heterocycles. The van der Waals surface area contributed by atoms with Crippen molar-refractivity contribution >= 4 is 0 Å². The van der Waals surface area contributed by atoms with E-state index < -0.39 is 0 Å². The van der Waals surface area contributed by atoms with Crippen LogP contribution in [0.5, 0.6) is 0 Å². The molecule has 1 heterocycles. The molecule has 120 valence electrons. The van der Waals surface area contributed by atoms with E-state index in [2.05, 4.69) is 62.8 Å². The Bertz CT molecular complexity index is 258. The Morgan fingerprint density at radius 1 is 0.950 bits per heavy atom. The monoisotopic (exact) mass is 284 g/mol. The van der Waals surface area contributed by atoms with Gasteiger partial charge in [-0.05, 0) is 40.5 Å². The molecule has 4 nitrogen and oxygen atoms in total. The molecular weight excluding hydrogens is 248 g/mol. The number of hydrogen-bond acceptors (Lipinski definition) is 4. The molecule has 0 bridgehead atoms. The third kappa shape index (κ3) is 7.58. The van der Waals surface area contributed by atoms with Crippen LogP contribution in [0.4, 0.5) is 0 Å². The van der Waals surface area contributed by atoms with Crippen LogP contribution >= 0.6 is 0 Å². The normalized spacial score (nSPS) is 22.4. The predicted molar refractivity (Wildman–Crippen MR) is 88.3 cm³/mol. The number of rotatable bonds is 8. The average molecular weight is 284 g/mol. The van der Waals surface area contributed by atoms with Crippen molar-refractivity contribution in [3.63, 3.8) is 0 Å². The van der Waals surface area contributed by atoms with Gasteiger partial charge in [0, 0.05) is 49.3 Å². The molecule has 20 heavy (non-hydrogen) atoms. The molecule has 4 heteroatoms. The molecule has 1 aliphatic rings. The van der Waals surface area contributed by atoms with Gasteiger partial charge in [0.2, 0.25) is 0 Å². The van der Waals surface area contributed by atoms with E-state index in [9.17, 15) is 0 Å². The van der Waals surface area contributed by atoms with Crippen molar-refractivity contribution in [2.45, 2.75) is 77.5 Å². The topological polar surface area (TPSA) is 48.1 Å². The molecule has 0 unspecified atom stereocenters. The lowest BCUT2D eigenvalue weighted by molar-refractivity contribution is 0.146. The molecule has 0 aliphatic carbocycles. The minimum Gasteiger partial charge on any atom is -0.314 e. The van der Waals surface area contributed by atoms with Crippen LogP contribution in [0.15, 0.2) is 0 Å². The summed E-state index contributed by atoms with van der Waals surface area (Å²) in [7, 11) is 0. The van der Waals surface area contributed by atoms with Gasteiger partial charge in [0.1, 0.15) is 0 Å². The van der Waals surface area contributed by atoms with Gasteiger partial charge in [0.05, 0.1) is 0 Å². The highest BCUT2D eigenvalue weighted by atomic mass is 15.1. The second kappa shape index (κ2) is 7.74. The van der Waals surface area contributed by atoms with Crippen LogP contribution in [0, 0.1) is 0 Å². The van der Waals surface area contributed by atoms with E-state index in [1.54, 1.807) is 0 Å². The van der Waals surface area contributed by atoms with Crippen LogP contribution < -0.4 is 21.3 Å². The van der Waals surface area contributed by atoms with Gasteiger partial charge < -0.3 is 21.3 Å². The molecule has 0 aromatic rings. The van der Waals surface area contributed by atoms with Crippen molar-refractivity contribution in [2.75, 3.05) is 26.2 Å². The van der Waals surface area contributed by atoms with Crippen LogP contribution in [0.2, 0.25) is 0 Å². The minimum atomic E-state index is 0.230. The molecule has 1 rings (SSSR count). The van der Waals surface area contributed by atoms with Gasteiger partial charge in [0.15, 0.2) is 0 Å². The quantitative estimate of drug-likeness (QED) is 0.510. The Hall–Kier alpha value is -0.160. The Kier molecular flexibility index (Phi) is 6.92. The zero-order valence-corrected chi connectivity index (χ0v) is 14.4. The van der Waals surface area contributed by atoms with Gasteiger partial charge in [-0.25, -0.2) is 0 Å². The largest absolute Gasteiger partial charge is 0.314 e. The van der Waals surface area contributed by atoms with E-state index in [0.717, 1.165) is 26.2 Å². The van der Waals surface area contributed by atoms with Crippen molar-refractivity contribution in [2.24, 2.45) is 0 Å². The third-order valence-electron chi connectivity index (χ3n) is 3.78. The second-order valence-corrected chi connectivity index (χ2v) is 7.81. The highest BCUT2D eigenvalue weighted by Gasteiger charge is 2.37. The molecule has 1 saturated heterocycles. The molecule has 0 amide bonds. The fraction of sp³-hybridized carbons (Fsp3) is 1.00. The summed E-state index contributed by atoms with van der Waals surface area (Å²) in [5.41, 5.74) is 0.460. The van der Waals surface area contributed by atoms with Gasteiger partial charge in [-0.15, -0.1) is 0 Å². The maximum absolute atomic E-state index is 3.73. The Morgan fingerprint density at radius 2 is 1.50 bits per heavy atom. The molecule has 0 radical (unpaired) electrons. The van der Waals surface area contributed by atoms with E-state index in [1.165, 1.54) is 12.8 Å². The van der Waals surface area contributed by atoms with E-state index in [-0.39, 0.29) is 11.1 Å². The SMILES string of the molecule is CC(C)NCCNCCNC1CC(C)(C)NC(C)(C)C1. The van der Waals surface area contributed by atoms with Gasteiger partial charge in [-0.1, -0.05) is 13.8 Å². The molecule has 0 saturated carbocycles. The van der Waals surface area contributed by atoms with Crippen molar-refractivity contribution in [1.82, 2.24) is 21.3 Å². The van der Waals surface area contributed by atoms with Crippen LogP contribution in [-0.2, 0) is 0 Å². The summed E-state index contributed by atoms with van der Waals surface area (Å²) in [6.45, 7) is 17.8. The molecule has 0 aromatic carbocycles. The summed E-state index contributed by atoms with van der Waals surface area (Å²) in [5.74, 6) is 0. The number of hydrogen-bond donors (Lipinski definition) is 4. The number of piperidine rings is 1. The van der Waals surface area contributed by atoms with Crippen molar-refractivity contribution in [1.29, 1.82) is 0 Å². The van der Waals surface area contributed by atoms with Gasteiger partial charge >= 0.3 is 0 Å². The number of nitrogens with one attached hydrogen (secondary N) is 4. The first kappa shape index (κ1) is 17.9. The lowest BCUT2D eigenvalue weighted by Gasteiger charge is -2.46. The molecule has 0 spiro atoms. The van der Waals surface area contributed by atoms with Crippen LogP contribution in [-0.4, -0.2) is 49.3 Å². The molecule has 1 aliphatic heterocycles. The average Bonchev–Trinajstić information content (AvgIpc) is 2.22.